The number of hydrogen-bond acceptors (Lipinski definition) is 8. The summed E-state index contributed by atoms with van der Waals surface area (Å²) in [5.74, 6) is -1.02. The summed E-state index contributed by atoms with van der Waals surface area (Å²) in [6.07, 6.45) is 2.73. The first-order valence-electron chi connectivity index (χ1n) is 8.51. The van der Waals surface area contributed by atoms with Crippen molar-refractivity contribution in [3.8, 4) is 11.5 Å². The van der Waals surface area contributed by atoms with E-state index in [2.05, 4.69) is 11.6 Å². The number of carboxylic acids is 1. The van der Waals surface area contributed by atoms with Gasteiger partial charge in [-0.25, -0.2) is 9.78 Å². The molecule has 3 aromatic rings. The predicted octanol–water partition coefficient (Wildman–Crippen LogP) is 4.53. The number of nitro benzene ring substituents is 1. The van der Waals surface area contributed by atoms with Gasteiger partial charge in [-0.2, -0.15) is 0 Å². The number of nitro groups is 1. The first-order chi connectivity index (χ1) is 14.4. The Kier molecular flexibility index (Phi) is 6.38. The third-order valence-electron chi connectivity index (χ3n) is 3.81. The summed E-state index contributed by atoms with van der Waals surface area (Å²) in [6, 6.07) is 9.41. The third-order valence-corrected chi connectivity index (χ3v) is 4.68. The zero-order valence-electron chi connectivity index (χ0n) is 15.7. The van der Waals surface area contributed by atoms with E-state index in [0.29, 0.717) is 11.1 Å². The van der Waals surface area contributed by atoms with Crippen LogP contribution in [0, 0.1) is 10.1 Å². The molecule has 1 heterocycles. The van der Waals surface area contributed by atoms with Gasteiger partial charge in [-0.3, -0.25) is 10.1 Å². The fourth-order valence-corrected chi connectivity index (χ4v) is 3.27. The smallest absolute Gasteiger partial charge is 0.342 e. The standard InChI is InChI=1S/C20H16N2O7S/c1-3-8-28-18-12(9-13(22(25)26)11-16(18)27-2)10-17(19(23)24)30-20-21-14-6-4-5-7-15(14)29-20/h3-7,9-11H,1,8H2,2H3,(H,23,24)/b17-10+. The zero-order chi connectivity index (χ0) is 21.7. The summed E-state index contributed by atoms with van der Waals surface area (Å²) in [5.41, 5.74) is 0.970. The Bertz CT molecular complexity index is 1120. The Hall–Kier alpha value is -3.79. The molecule has 0 atom stereocenters. The Morgan fingerprint density at radius 2 is 2.17 bits per heavy atom. The molecule has 0 saturated heterocycles. The average Bonchev–Trinajstić information content (AvgIpc) is 3.14. The van der Waals surface area contributed by atoms with Crippen LogP contribution in [0.4, 0.5) is 5.69 Å². The van der Waals surface area contributed by atoms with Gasteiger partial charge in [-0.1, -0.05) is 24.8 Å². The molecule has 1 aromatic heterocycles. The first kappa shape index (κ1) is 20.9. The van der Waals surface area contributed by atoms with E-state index < -0.39 is 10.9 Å². The lowest BCUT2D eigenvalue weighted by Crippen LogP contribution is -2.02. The number of para-hydroxylation sites is 2. The number of hydrogen-bond donors (Lipinski definition) is 1. The molecule has 1 N–H and O–H groups in total. The minimum Gasteiger partial charge on any atom is -0.493 e. The second-order valence-electron chi connectivity index (χ2n) is 5.79. The Balaban J connectivity index is 2.08. The maximum absolute atomic E-state index is 11.8. The topological polar surface area (TPSA) is 125 Å². The van der Waals surface area contributed by atoms with Crippen LogP contribution in [0.25, 0.3) is 17.2 Å². The van der Waals surface area contributed by atoms with Crippen LogP contribution in [0.1, 0.15) is 5.56 Å². The molecule has 0 radical (unpaired) electrons. The zero-order valence-corrected chi connectivity index (χ0v) is 16.5. The summed E-state index contributed by atoms with van der Waals surface area (Å²) in [6.45, 7) is 3.66. The lowest BCUT2D eigenvalue weighted by Gasteiger charge is -2.13. The Morgan fingerprint density at radius 3 is 2.80 bits per heavy atom. The normalized spacial score (nSPS) is 11.3. The van der Waals surface area contributed by atoms with Crippen LogP contribution >= 0.6 is 11.8 Å². The number of fused-ring (bicyclic) bond motifs is 1. The van der Waals surface area contributed by atoms with E-state index >= 15 is 0 Å². The van der Waals surface area contributed by atoms with Gasteiger partial charge in [0.15, 0.2) is 17.1 Å². The van der Waals surface area contributed by atoms with Crippen LogP contribution in [-0.2, 0) is 4.79 Å². The number of non-ortho nitro benzene ring substituents is 1. The highest BCUT2D eigenvalue weighted by atomic mass is 32.2. The first-order valence-corrected chi connectivity index (χ1v) is 9.33. The highest BCUT2D eigenvalue weighted by Gasteiger charge is 2.21. The lowest BCUT2D eigenvalue weighted by atomic mass is 10.1. The number of benzene rings is 2. The minimum absolute atomic E-state index is 0.0916. The Labute approximate surface area is 174 Å². The van der Waals surface area contributed by atoms with Crippen LogP contribution in [0.15, 0.2) is 63.6 Å². The van der Waals surface area contributed by atoms with Gasteiger partial charge in [0.2, 0.25) is 0 Å². The van der Waals surface area contributed by atoms with E-state index in [1.807, 2.05) is 0 Å². The quantitative estimate of drug-likeness (QED) is 0.172. The van der Waals surface area contributed by atoms with E-state index in [4.69, 9.17) is 13.9 Å². The fraction of sp³-hybridized carbons (Fsp3) is 0.100. The molecule has 10 heteroatoms. The van der Waals surface area contributed by atoms with Crippen molar-refractivity contribution in [3.05, 3.63) is 69.6 Å². The second kappa shape index (κ2) is 9.14. The molecule has 0 aliphatic carbocycles. The largest absolute Gasteiger partial charge is 0.493 e. The van der Waals surface area contributed by atoms with Gasteiger partial charge >= 0.3 is 5.97 Å². The number of carbonyl (C=O) groups is 1. The van der Waals surface area contributed by atoms with Crippen molar-refractivity contribution in [1.29, 1.82) is 0 Å². The molecule has 0 fully saturated rings. The number of thioether (sulfide) groups is 1. The second-order valence-corrected chi connectivity index (χ2v) is 6.78. The van der Waals surface area contributed by atoms with Gasteiger partial charge < -0.3 is 19.0 Å². The molecule has 2 aromatic carbocycles. The number of aromatic nitrogens is 1. The number of ether oxygens (including phenoxy) is 2. The number of nitrogens with zero attached hydrogens (tertiary/aromatic N) is 2. The SMILES string of the molecule is C=CCOc1c(/C=C(/Sc2nc3ccccc3o2)C(=O)O)cc([N+](=O)[O-])cc1OC. The van der Waals surface area contributed by atoms with Gasteiger partial charge in [0.1, 0.15) is 17.0 Å². The van der Waals surface area contributed by atoms with E-state index in [1.54, 1.807) is 24.3 Å². The van der Waals surface area contributed by atoms with Crippen molar-refractivity contribution in [2.45, 2.75) is 5.22 Å². The van der Waals surface area contributed by atoms with E-state index in [9.17, 15) is 20.0 Å². The van der Waals surface area contributed by atoms with Crippen LogP contribution in [0.3, 0.4) is 0 Å². The fourth-order valence-electron chi connectivity index (χ4n) is 2.53. The van der Waals surface area contributed by atoms with Gasteiger partial charge in [0.05, 0.1) is 18.1 Å². The maximum Gasteiger partial charge on any atom is 0.342 e. The van der Waals surface area contributed by atoms with Crippen molar-refractivity contribution >= 4 is 40.6 Å². The molecule has 3 rings (SSSR count). The van der Waals surface area contributed by atoms with Crippen molar-refractivity contribution in [2.24, 2.45) is 0 Å². The molecular formula is C20H16N2O7S. The van der Waals surface area contributed by atoms with Crippen molar-refractivity contribution in [1.82, 2.24) is 4.98 Å². The van der Waals surface area contributed by atoms with Gasteiger partial charge in [-0.15, -0.1) is 0 Å². The molecule has 0 amide bonds. The highest BCUT2D eigenvalue weighted by Crippen LogP contribution is 2.39. The number of carboxylic acid groups (broad SMARTS) is 1. The predicted molar refractivity (Wildman–Crippen MR) is 111 cm³/mol. The minimum atomic E-state index is -1.26. The highest BCUT2D eigenvalue weighted by molar-refractivity contribution is 8.03. The summed E-state index contributed by atoms with van der Waals surface area (Å²) in [4.78, 5) is 26.6. The molecule has 0 bridgehead atoms. The number of aliphatic carboxylic acids is 1. The summed E-state index contributed by atoms with van der Waals surface area (Å²) >= 11 is 0.775. The molecular weight excluding hydrogens is 412 g/mol. The van der Waals surface area contributed by atoms with Crippen LogP contribution in [0.2, 0.25) is 0 Å². The van der Waals surface area contributed by atoms with E-state index in [-0.39, 0.29) is 39.5 Å². The molecule has 30 heavy (non-hydrogen) atoms. The molecule has 0 saturated carbocycles. The third kappa shape index (κ3) is 4.61. The monoisotopic (exact) mass is 428 g/mol. The van der Waals surface area contributed by atoms with Gasteiger partial charge in [0.25, 0.3) is 10.9 Å². The molecule has 0 aliphatic heterocycles. The van der Waals surface area contributed by atoms with Gasteiger partial charge in [0, 0.05) is 11.6 Å². The van der Waals surface area contributed by atoms with Crippen LogP contribution < -0.4 is 9.47 Å². The summed E-state index contributed by atoms with van der Waals surface area (Å²) in [5, 5.41) is 21.1. The Morgan fingerprint density at radius 1 is 1.40 bits per heavy atom. The van der Waals surface area contributed by atoms with Crippen LogP contribution in [0.5, 0.6) is 11.5 Å². The maximum atomic E-state index is 11.8. The molecule has 154 valence electrons. The van der Waals surface area contributed by atoms with E-state index in [0.717, 1.165) is 11.8 Å². The summed E-state index contributed by atoms with van der Waals surface area (Å²) in [7, 11) is 1.33. The van der Waals surface area contributed by atoms with Crippen LogP contribution in [-0.4, -0.2) is 34.7 Å². The number of oxazole rings is 1. The van der Waals surface area contributed by atoms with Gasteiger partial charge in [-0.05, 0) is 30.0 Å². The van der Waals surface area contributed by atoms with Crippen molar-refractivity contribution < 1.29 is 28.7 Å². The number of methoxy groups -OCH3 is 1. The number of rotatable bonds is 9. The summed E-state index contributed by atoms with van der Waals surface area (Å²) < 4.78 is 16.3. The molecule has 0 aliphatic rings. The molecule has 9 nitrogen and oxygen atoms in total. The lowest BCUT2D eigenvalue weighted by molar-refractivity contribution is -0.385. The van der Waals surface area contributed by atoms with Crippen molar-refractivity contribution in [3.63, 3.8) is 0 Å². The molecule has 0 unspecified atom stereocenters. The van der Waals surface area contributed by atoms with Crippen molar-refractivity contribution in [2.75, 3.05) is 13.7 Å². The average molecular weight is 428 g/mol. The van der Waals surface area contributed by atoms with E-state index in [1.165, 1.54) is 31.4 Å². The molecule has 0 spiro atoms.